The Hall–Kier alpha value is -2.44. The van der Waals surface area contributed by atoms with E-state index in [0.717, 1.165) is 11.1 Å². The number of carbonyl (C=O) groups excluding carboxylic acids is 1. The molecule has 2 aromatic carbocycles. The lowest BCUT2D eigenvalue weighted by Crippen LogP contribution is -2.55. The zero-order chi connectivity index (χ0) is 27.1. The average molecular weight is 512 g/mol. The molecule has 36 heavy (non-hydrogen) atoms. The minimum absolute atomic E-state index is 0.0608. The molecule has 2 rings (SSSR count). The van der Waals surface area contributed by atoms with Gasteiger partial charge in [0.2, 0.25) is 5.91 Å². The fourth-order valence-electron chi connectivity index (χ4n) is 3.83. The van der Waals surface area contributed by atoms with Crippen LogP contribution in [0.5, 0.6) is 0 Å². The third-order valence-electron chi connectivity index (χ3n) is 7.19. The van der Waals surface area contributed by atoms with Crippen molar-refractivity contribution in [3.05, 3.63) is 71.8 Å². The third-order valence-corrected chi connectivity index (χ3v) is 11.7. The van der Waals surface area contributed by atoms with E-state index in [0.29, 0.717) is 19.3 Å². The predicted octanol–water partition coefficient (Wildman–Crippen LogP) is 6.48. The maximum Gasteiger partial charge on any atom is 0.306 e. The number of aliphatic carboxylic acids is 1. The largest absolute Gasteiger partial charge is 0.481 e. The van der Waals surface area contributed by atoms with Gasteiger partial charge in [-0.2, -0.15) is 0 Å². The zero-order valence-electron chi connectivity index (χ0n) is 23.3. The second-order valence-electron chi connectivity index (χ2n) is 12.4. The molecule has 2 N–H and O–H groups in total. The molecule has 0 aromatic heterocycles. The Morgan fingerprint density at radius 1 is 0.861 bits per heavy atom. The molecule has 0 saturated heterocycles. The maximum absolute atomic E-state index is 13.2. The van der Waals surface area contributed by atoms with Crippen molar-refractivity contribution in [2.75, 3.05) is 0 Å². The molecule has 0 aliphatic rings. The molecule has 0 spiro atoms. The molecule has 0 bridgehead atoms. The molecule has 6 heteroatoms. The fraction of sp³-hybridized carbons (Fsp3) is 0.533. The van der Waals surface area contributed by atoms with Gasteiger partial charge in [0, 0.05) is 5.41 Å². The van der Waals surface area contributed by atoms with E-state index < -0.39 is 31.7 Å². The number of rotatable bonds is 11. The number of amides is 1. The molecule has 0 heterocycles. The van der Waals surface area contributed by atoms with Crippen LogP contribution in [0.3, 0.4) is 0 Å². The van der Waals surface area contributed by atoms with E-state index in [1.165, 1.54) is 0 Å². The summed E-state index contributed by atoms with van der Waals surface area (Å²) >= 11 is 0. The minimum atomic E-state index is -2.28. The van der Waals surface area contributed by atoms with Crippen LogP contribution >= 0.6 is 0 Å². The Labute approximate surface area is 218 Å². The normalized spacial score (nSPS) is 15.1. The van der Waals surface area contributed by atoms with Crippen LogP contribution in [-0.2, 0) is 26.9 Å². The Kier molecular flexibility index (Phi) is 10.1. The van der Waals surface area contributed by atoms with E-state index in [1.807, 2.05) is 81.4 Å². The molecule has 2 aromatic rings. The average Bonchev–Trinajstić information content (AvgIpc) is 2.77. The molecule has 0 saturated carbocycles. The van der Waals surface area contributed by atoms with Crippen LogP contribution in [0.1, 0.15) is 59.1 Å². The van der Waals surface area contributed by atoms with Gasteiger partial charge in [-0.15, -0.1) is 0 Å². The summed E-state index contributed by atoms with van der Waals surface area (Å²) in [5.74, 6) is -1.54. The number of nitrogens with one attached hydrogen (secondary N) is 1. The summed E-state index contributed by atoms with van der Waals surface area (Å²) in [6.45, 7) is 16.6. The summed E-state index contributed by atoms with van der Waals surface area (Å²) in [6, 6.07) is 19.4. The van der Waals surface area contributed by atoms with Crippen molar-refractivity contribution in [1.29, 1.82) is 0 Å². The van der Waals surface area contributed by atoms with Gasteiger partial charge in [-0.1, -0.05) is 102 Å². The van der Waals surface area contributed by atoms with E-state index in [9.17, 15) is 14.7 Å². The van der Waals surface area contributed by atoms with Gasteiger partial charge in [-0.05, 0) is 48.5 Å². The van der Waals surface area contributed by atoms with Crippen molar-refractivity contribution in [1.82, 2.24) is 5.32 Å². The van der Waals surface area contributed by atoms with Crippen molar-refractivity contribution >= 4 is 20.2 Å². The molecule has 0 aliphatic carbocycles. The van der Waals surface area contributed by atoms with Crippen LogP contribution in [0, 0.1) is 11.3 Å². The SMILES string of the molecule is CC(C)(C)C(=O)N[C@@H](Cc1ccccc1)[C@H](C[C@@H](Cc1ccccc1)C(=O)O)O[Si](C)(C)C(C)(C)C. The van der Waals surface area contributed by atoms with Gasteiger partial charge in [0.15, 0.2) is 8.32 Å². The molecule has 5 nitrogen and oxygen atoms in total. The second-order valence-corrected chi connectivity index (χ2v) is 17.2. The number of hydrogen-bond acceptors (Lipinski definition) is 3. The van der Waals surface area contributed by atoms with Crippen molar-refractivity contribution in [2.45, 2.75) is 91.1 Å². The predicted molar refractivity (Wildman–Crippen MR) is 149 cm³/mol. The highest BCUT2D eigenvalue weighted by atomic mass is 28.4. The Morgan fingerprint density at radius 2 is 1.33 bits per heavy atom. The second kappa shape index (κ2) is 12.2. The van der Waals surface area contributed by atoms with Gasteiger partial charge in [-0.3, -0.25) is 9.59 Å². The smallest absolute Gasteiger partial charge is 0.306 e. The monoisotopic (exact) mass is 511 g/mol. The minimum Gasteiger partial charge on any atom is -0.481 e. The molecule has 1 amide bonds. The molecule has 0 aliphatic heterocycles. The van der Waals surface area contributed by atoms with E-state index in [4.69, 9.17) is 4.43 Å². The summed E-state index contributed by atoms with van der Waals surface area (Å²) in [6.07, 6.45) is 0.860. The molecule has 198 valence electrons. The van der Waals surface area contributed by atoms with E-state index in [2.05, 4.69) is 39.2 Å². The van der Waals surface area contributed by atoms with Crippen LogP contribution in [0.25, 0.3) is 0 Å². The van der Waals surface area contributed by atoms with Crippen LogP contribution < -0.4 is 5.32 Å². The fourth-order valence-corrected chi connectivity index (χ4v) is 5.20. The Morgan fingerprint density at radius 3 is 1.75 bits per heavy atom. The highest BCUT2D eigenvalue weighted by molar-refractivity contribution is 6.74. The quantitative estimate of drug-likeness (QED) is 0.338. The molecular weight excluding hydrogens is 466 g/mol. The highest BCUT2D eigenvalue weighted by Crippen LogP contribution is 2.39. The topological polar surface area (TPSA) is 75.6 Å². The molecule has 3 atom stereocenters. The zero-order valence-corrected chi connectivity index (χ0v) is 24.3. The molecule has 0 radical (unpaired) electrons. The maximum atomic E-state index is 13.2. The first-order chi connectivity index (χ1) is 16.6. The summed E-state index contributed by atoms with van der Waals surface area (Å²) in [4.78, 5) is 25.6. The van der Waals surface area contributed by atoms with Gasteiger partial charge in [-0.25, -0.2) is 0 Å². The van der Waals surface area contributed by atoms with Crippen LogP contribution in [0.4, 0.5) is 0 Å². The van der Waals surface area contributed by atoms with Crippen LogP contribution in [0.15, 0.2) is 60.7 Å². The Balaban J connectivity index is 2.48. The van der Waals surface area contributed by atoms with Crippen molar-refractivity contribution in [3.63, 3.8) is 0 Å². The number of hydrogen-bond donors (Lipinski definition) is 2. The van der Waals surface area contributed by atoms with Gasteiger partial charge in [0.05, 0.1) is 18.1 Å². The van der Waals surface area contributed by atoms with Crippen molar-refractivity contribution in [2.24, 2.45) is 11.3 Å². The highest BCUT2D eigenvalue weighted by Gasteiger charge is 2.42. The van der Waals surface area contributed by atoms with E-state index >= 15 is 0 Å². The number of carboxylic acids is 1. The lowest BCUT2D eigenvalue weighted by molar-refractivity contribution is -0.142. The first-order valence-electron chi connectivity index (χ1n) is 12.9. The van der Waals surface area contributed by atoms with Gasteiger partial charge < -0.3 is 14.8 Å². The third kappa shape index (κ3) is 8.89. The van der Waals surface area contributed by atoms with Crippen LogP contribution in [0.2, 0.25) is 18.1 Å². The standard InChI is InChI=1S/C30H45NO4Si/c1-29(2,3)28(34)31-25(20-23-17-13-10-14-18-23)26(35-36(7,8)30(4,5)6)21-24(27(32)33)19-22-15-11-9-12-16-22/h9-18,24-26H,19-21H2,1-8H3,(H,31,34)(H,32,33)/t24-,25+,26+/m1/s1. The lowest BCUT2D eigenvalue weighted by Gasteiger charge is -2.42. The summed E-state index contributed by atoms with van der Waals surface area (Å²) in [7, 11) is -2.28. The van der Waals surface area contributed by atoms with Gasteiger partial charge in [0.1, 0.15) is 0 Å². The molecular formula is C30H45NO4Si. The lowest BCUT2D eigenvalue weighted by atomic mass is 9.88. The van der Waals surface area contributed by atoms with Crippen molar-refractivity contribution < 1.29 is 19.1 Å². The Bertz CT molecular complexity index is 978. The number of benzene rings is 2. The first kappa shape index (κ1) is 29.8. The van der Waals surface area contributed by atoms with Gasteiger partial charge >= 0.3 is 5.97 Å². The molecule has 0 unspecified atom stereocenters. The van der Waals surface area contributed by atoms with Crippen LogP contribution in [-0.4, -0.2) is 37.4 Å². The summed E-state index contributed by atoms with van der Waals surface area (Å²) in [5.41, 5.74) is 1.48. The van der Waals surface area contributed by atoms with Crippen molar-refractivity contribution in [3.8, 4) is 0 Å². The summed E-state index contributed by atoms with van der Waals surface area (Å²) < 4.78 is 6.93. The summed E-state index contributed by atoms with van der Waals surface area (Å²) in [5, 5.41) is 13.4. The van der Waals surface area contributed by atoms with E-state index in [-0.39, 0.29) is 17.0 Å². The number of carboxylic acid groups (broad SMARTS) is 1. The van der Waals surface area contributed by atoms with E-state index in [1.54, 1.807) is 0 Å². The van der Waals surface area contributed by atoms with Gasteiger partial charge in [0.25, 0.3) is 0 Å². The first-order valence-corrected chi connectivity index (χ1v) is 15.8. The number of carbonyl (C=O) groups is 2. The molecule has 0 fully saturated rings.